The van der Waals surface area contributed by atoms with Gasteiger partial charge >= 0.3 is 0 Å². The van der Waals surface area contributed by atoms with Crippen molar-refractivity contribution in [3.05, 3.63) is 35.4 Å². The summed E-state index contributed by atoms with van der Waals surface area (Å²) in [7, 11) is 0. The molecule has 88 valence electrons. The first-order valence-corrected chi connectivity index (χ1v) is 5.76. The van der Waals surface area contributed by atoms with Crippen LogP contribution in [0.4, 0.5) is 0 Å². The number of rotatable bonds is 3. The highest BCUT2D eigenvalue weighted by atomic mass is 16.7. The lowest BCUT2D eigenvalue weighted by molar-refractivity contribution is -0.0124. The number of amides is 1. The molecule has 0 aromatic heterocycles. The minimum atomic E-state index is -0.263. The van der Waals surface area contributed by atoms with Crippen LogP contribution in [0.25, 0.3) is 0 Å². The summed E-state index contributed by atoms with van der Waals surface area (Å²) in [5.41, 5.74) is 3.50. The van der Waals surface area contributed by atoms with Gasteiger partial charge in [0.25, 0.3) is 5.91 Å². The molecule has 1 N–H and O–H groups in total. The minimum absolute atomic E-state index is 0.150. The van der Waals surface area contributed by atoms with Crippen molar-refractivity contribution in [2.45, 2.75) is 31.8 Å². The molecular weight excluding hydrogens is 216 g/mol. The van der Waals surface area contributed by atoms with E-state index in [0.29, 0.717) is 11.1 Å². The maximum Gasteiger partial charge on any atom is 0.274 e. The van der Waals surface area contributed by atoms with Crippen LogP contribution >= 0.6 is 0 Å². The van der Waals surface area contributed by atoms with Crippen LogP contribution in [0, 0.1) is 11.3 Å². The van der Waals surface area contributed by atoms with Crippen LogP contribution in [-0.2, 0) is 4.84 Å². The maximum atomic E-state index is 11.7. The number of nitrogens with one attached hydrogen (secondary N) is 1. The Hall–Kier alpha value is -1.86. The summed E-state index contributed by atoms with van der Waals surface area (Å²) in [5, 5.41) is 8.64. The van der Waals surface area contributed by atoms with Crippen LogP contribution in [0.2, 0.25) is 0 Å². The second kappa shape index (κ2) is 5.46. The van der Waals surface area contributed by atoms with E-state index in [-0.39, 0.29) is 12.0 Å². The third kappa shape index (κ3) is 3.05. The Morgan fingerprint density at radius 1 is 1.29 bits per heavy atom. The van der Waals surface area contributed by atoms with Crippen molar-refractivity contribution in [2.75, 3.05) is 0 Å². The van der Waals surface area contributed by atoms with Crippen molar-refractivity contribution in [3.8, 4) is 6.07 Å². The fourth-order valence-corrected chi connectivity index (χ4v) is 1.90. The van der Waals surface area contributed by atoms with Gasteiger partial charge in [-0.15, -0.1) is 0 Å². The van der Waals surface area contributed by atoms with Crippen LogP contribution in [0.5, 0.6) is 0 Å². The Labute approximate surface area is 100 Å². The number of hydroxylamine groups is 1. The van der Waals surface area contributed by atoms with Gasteiger partial charge in [0.05, 0.1) is 17.7 Å². The lowest BCUT2D eigenvalue weighted by atomic mass is 10.1. The summed E-state index contributed by atoms with van der Waals surface area (Å²) in [6.45, 7) is 0. The Kier molecular flexibility index (Phi) is 3.73. The fourth-order valence-electron chi connectivity index (χ4n) is 1.90. The van der Waals surface area contributed by atoms with Crippen molar-refractivity contribution in [1.82, 2.24) is 5.48 Å². The first kappa shape index (κ1) is 11.6. The molecule has 1 aromatic rings. The molecule has 0 radical (unpaired) electrons. The smallest absolute Gasteiger partial charge is 0.270 e. The molecule has 1 fully saturated rings. The molecule has 1 aliphatic rings. The van der Waals surface area contributed by atoms with E-state index in [9.17, 15) is 4.79 Å². The lowest BCUT2D eigenvalue weighted by Gasteiger charge is -2.11. The zero-order chi connectivity index (χ0) is 12.1. The minimum Gasteiger partial charge on any atom is -0.270 e. The zero-order valence-corrected chi connectivity index (χ0v) is 9.48. The summed E-state index contributed by atoms with van der Waals surface area (Å²) in [5.74, 6) is -0.263. The number of nitriles is 1. The molecule has 17 heavy (non-hydrogen) atoms. The van der Waals surface area contributed by atoms with Gasteiger partial charge in [-0.1, -0.05) is 12.8 Å². The van der Waals surface area contributed by atoms with Crippen LogP contribution < -0.4 is 5.48 Å². The monoisotopic (exact) mass is 230 g/mol. The molecule has 0 unspecified atom stereocenters. The summed E-state index contributed by atoms with van der Waals surface area (Å²) in [6, 6.07) is 8.47. The van der Waals surface area contributed by atoms with Gasteiger partial charge in [0, 0.05) is 5.56 Å². The molecule has 0 aliphatic heterocycles. The first-order valence-electron chi connectivity index (χ1n) is 5.76. The van der Waals surface area contributed by atoms with E-state index < -0.39 is 0 Å². The molecule has 4 nitrogen and oxygen atoms in total. The molecule has 4 heteroatoms. The largest absolute Gasteiger partial charge is 0.274 e. The highest BCUT2D eigenvalue weighted by molar-refractivity contribution is 5.93. The van der Waals surface area contributed by atoms with Gasteiger partial charge in [-0.2, -0.15) is 5.26 Å². The second-order valence-corrected chi connectivity index (χ2v) is 4.14. The molecule has 0 saturated heterocycles. The predicted molar refractivity (Wildman–Crippen MR) is 62.0 cm³/mol. The molecule has 0 atom stereocenters. The number of benzene rings is 1. The average molecular weight is 230 g/mol. The van der Waals surface area contributed by atoms with Gasteiger partial charge in [0.2, 0.25) is 0 Å². The molecule has 1 aromatic carbocycles. The van der Waals surface area contributed by atoms with E-state index in [1.807, 2.05) is 6.07 Å². The van der Waals surface area contributed by atoms with E-state index in [2.05, 4.69) is 5.48 Å². The SMILES string of the molecule is N#Cc1ccc(C(=O)NOC2CCCC2)cc1. The third-order valence-electron chi connectivity index (χ3n) is 2.90. The molecule has 1 aliphatic carbocycles. The summed E-state index contributed by atoms with van der Waals surface area (Å²) in [6.07, 6.45) is 4.49. The molecule has 1 amide bonds. The number of carbonyl (C=O) groups is 1. The van der Waals surface area contributed by atoms with Gasteiger partial charge in [-0.05, 0) is 37.1 Å². The van der Waals surface area contributed by atoms with Crippen molar-refractivity contribution in [1.29, 1.82) is 5.26 Å². The molecule has 2 rings (SSSR count). The number of hydrogen-bond acceptors (Lipinski definition) is 3. The number of hydrogen-bond donors (Lipinski definition) is 1. The fraction of sp³-hybridized carbons (Fsp3) is 0.385. The Morgan fingerprint density at radius 3 is 2.53 bits per heavy atom. The Morgan fingerprint density at radius 2 is 1.94 bits per heavy atom. The third-order valence-corrected chi connectivity index (χ3v) is 2.90. The van der Waals surface area contributed by atoms with Gasteiger partial charge in [0.1, 0.15) is 0 Å². The van der Waals surface area contributed by atoms with Crippen molar-refractivity contribution in [3.63, 3.8) is 0 Å². The standard InChI is InChI=1S/C13H14N2O2/c14-9-10-5-7-11(8-6-10)13(16)15-17-12-3-1-2-4-12/h5-8,12H,1-4H2,(H,15,16). The second-order valence-electron chi connectivity index (χ2n) is 4.14. The maximum absolute atomic E-state index is 11.7. The van der Waals surface area contributed by atoms with E-state index in [0.717, 1.165) is 25.7 Å². The van der Waals surface area contributed by atoms with Gasteiger partial charge in [-0.25, -0.2) is 5.48 Å². The van der Waals surface area contributed by atoms with E-state index in [1.54, 1.807) is 24.3 Å². The lowest BCUT2D eigenvalue weighted by Crippen LogP contribution is -2.28. The normalized spacial score (nSPS) is 15.5. The molecule has 0 bridgehead atoms. The van der Waals surface area contributed by atoms with Gasteiger partial charge in [0.15, 0.2) is 0 Å². The van der Waals surface area contributed by atoms with Crippen LogP contribution in [0.3, 0.4) is 0 Å². The van der Waals surface area contributed by atoms with E-state index >= 15 is 0 Å². The summed E-state index contributed by atoms with van der Waals surface area (Å²) < 4.78 is 0. The topological polar surface area (TPSA) is 62.1 Å². The van der Waals surface area contributed by atoms with E-state index in [1.165, 1.54) is 0 Å². The molecule has 0 heterocycles. The van der Waals surface area contributed by atoms with E-state index in [4.69, 9.17) is 10.1 Å². The van der Waals surface area contributed by atoms with Gasteiger partial charge in [-0.3, -0.25) is 9.63 Å². The molecular formula is C13H14N2O2. The molecule has 0 spiro atoms. The van der Waals surface area contributed by atoms with Gasteiger partial charge < -0.3 is 0 Å². The molecule has 1 saturated carbocycles. The van der Waals surface area contributed by atoms with Crippen molar-refractivity contribution in [2.24, 2.45) is 0 Å². The van der Waals surface area contributed by atoms with Crippen LogP contribution in [-0.4, -0.2) is 12.0 Å². The zero-order valence-electron chi connectivity index (χ0n) is 9.48. The van der Waals surface area contributed by atoms with Crippen LogP contribution in [0.1, 0.15) is 41.6 Å². The van der Waals surface area contributed by atoms with Crippen LogP contribution in [0.15, 0.2) is 24.3 Å². The summed E-state index contributed by atoms with van der Waals surface area (Å²) in [4.78, 5) is 17.0. The quantitative estimate of drug-likeness (QED) is 0.809. The summed E-state index contributed by atoms with van der Waals surface area (Å²) >= 11 is 0. The Bertz CT molecular complexity index is 428. The highest BCUT2D eigenvalue weighted by Crippen LogP contribution is 2.19. The predicted octanol–water partition coefficient (Wildman–Crippen LogP) is 2.16. The first-order chi connectivity index (χ1) is 8.29. The number of carbonyl (C=O) groups excluding carboxylic acids is 1. The van der Waals surface area contributed by atoms with Crippen molar-refractivity contribution >= 4 is 5.91 Å². The highest BCUT2D eigenvalue weighted by Gasteiger charge is 2.17. The van der Waals surface area contributed by atoms with Crippen molar-refractivity contribution < 1.29 is 9.63 Å². The average Bonchev–Trinajstić information content (AvgIpc) is 2.89. The number of nitrogens with zero attached hydrogens (tertiary/aromatic N) is 1. The Balaban J connectivity index is 1.88.